The molecule has 2 heterocycles. The second-order valence-corrected chi connectivity index (χ2v) is 11.1. The van der Waals surface area contributed by atoms with E-state index >= 15 is 0 Å². The van der Waals surface area contributed by atoms with Gasteiger partial charge in [-0.3, -0.25) is 9.59 Å². The molecular formula is C24H36O8. The number of carbonyl (C=O) groups excluding carboxylic acids is 2. The van der Waals surface area contributed by atoms with Crippen molar-refractivity contribution in [2.75, 3.05) is 0 Å². The summed E-state index contributed by atoms with van der Waals surface area (Å²) in [5.41, 5.74) is -1.76. The quantitative estimate of drug-likeness (QED) is 0.374. The standard InChI is InChI=1S/C24H36O8/c1-12-16-9-15-10-18(29-13(2)25)20-22(4,5)8-7-19(30-14(3)26)23(20,6)24(15,11-17(16)27)32-31-21(12)28/h15-21,27-28H,1,7-11H2,2-6H3/t15-,16-,17-,18+,19+,20-,21?,23-,24+/m1/s1. The molecule has 0 aromatic rings. The summed E-state index contributed by atoms with van der Waals surface area (Å²) in [7, 11) is 0. The number of carbonyl (C=O) groups is 2. The summed E-state index contributed by atoms with van der Waals surface area (Å²) in [6.07, 6.45) is -0.393. The van der Waals surface area contributed by atoms with Crippen LogP contribution in [0.1, 0.15) is 66.7 Å². The molecule has 1 unspecified atom stereocenters. The summed E-state index contributed by atoms with van der Waals surface area (Å²) in [4.78, 5) is 35.8. The van der Waals surface area contributed by atoms with E-state index < -0.39 is 41.6 Å². The number of ether oxygens (including phenoxy) is 2. The van der Waals surface area contributed by atoms with Gasteiger partial charge in [0.15, 0.2) is 0 Å². The number of aliphatic hydroxyl groups is 2. The van der Waals surface area contributed by atoms with Gasteiger partial charge in [0.2, 0.25) is 6.29 Å². The molecule has 5 rings (SSSR count). The third-order valence-corrected chi connectivity index (χ3v) is 8.89. The Balaban J connectivity index is 1.90. The minimum Gasteiger partial charge on any atom is -0.462 e. The molecular weight excluding hydrogens is 416 g/mol. The molecule has 0 aromatic heterocycles. The van der Waals surface area contributed by atoms with Crippen molar-refractivity contribution < 1.29 is 39.1 Å². The number of hydrogen-bond acceptors (Lipinski definition) is 8. The fraction of sp³-hybridized carbons (Fsp3) is 0.833. The van der Waals surface area contributed by atoms with Gasteiger partial charge in [0, 0.05) is 37.5 Å². The van der Waals surface area contributed by atoms with Crippen LogP contribution in [0.4, 0.5) is 0 Å². The zero-order chi connectivity index (χ0) is 23.6. The van der Waals surface area contributed by atoms with Crippen molar-refractivity contribution in [3.63, 3.8) is 0 Å². The maximum absolute atomic E-state index is 12.1. The lowest BCUT2D eigenvalue weighted by Gasteiger charge is -2.69. The van der Waals surface area contributed by atoms with Crippen LogP contribution in [0.3, 0.4) is 0 Å². The predicted molar refractivity (Wildman–Crippen MR) is 113 cm³/mol. The van der Waals surface area contributed by atoms with E-state index in [1.165, 1.54) is 13.8 Å². The third-order valence-electron chi connectivity index (χ3n) is 8.89. The smallest absolute Gasteiger partial charge is 0.302 e. The maximum Gasteiger partial charge on any atom is 0.302 e. The highest BCUT2D eigenvalue weighted by Gasteiger charge is 2.74. The molecule has 5 aliphatic rings. The van der Waals surface area contributed by atoms with Gasteiger partial charge in [-0.1, -0.05) is 27.4 Å². The van der Waals surface area contributed by atoms with Crippen LogP contribution in [0.15, 0.2) is 12.2 Å². The van der Waals surface area contributed by atoms with Gasteiger partial charge >= 0.3 is 11.9 Å². The molecule has 3 aliphatic carbocycles. The van der Waals surface area contributed by atoms with Crippen LogP contribution in [0.25, 0.3) is 0 Å². The largest absolute Gasteiger partial charge is 0.462 e. The van der Waals surface area contributed by atoms with Crippen molar-refractivity contribution in [1.29, 1.82) is 0 Å². The van der Waals surface area contributed by atoms with Gasteiger partial charge in [-0.2, -0.15) is 4.89 Å². The van der Waals surface area contributed by atoms with Crippen LogP contribution >= 0.6 is 0 Å². The SMILES string of the molecule is C=C1C(O)OO[C@@]23C[C@@H](O)[C@@H]1C[C@@H]2C[C@H](OC(C)=O)[C@@H]1C(C)(C)CC[C@H](OC(C)=O)[C@]13C. The van der Waals surface area contributed by atoms with Crippen molar-refractivity contribution >= 4 is 11.9 Å². The molecule has 0 amide bonds. The molecule has 2 saturated heterocycles. The van der Waals surface area contributed by atoms with E-state index in [1.807, 2.05) is 6.92 Å². The molecule has 2 aliphatic heterocycles. The van der Waals surface area contributed by atoms with Gasteiger partial charge in [0.05, 0.1) is 6.10 Å². The average molecular weight is 453 g/mol. The Morgan fingerprint density at radius 1 is 1.09 bits per heavy atom. The van der Waals surface area contributed by atoms with E-state index in [0.717, 1.165) is 6.42 Å². The lowest BCUT2D eigenvalue weighted by atomic mass is 9.40. The third kappa shape index (κ3) is 3.33. The first-order valence-corrected chi connectivity index (χ1v) is 11.6. The van der Waals surface area contributed by atoms with E-state index in [4.69, 9.17) is 19.2 Å². The molecule has 180 valence electrons. The van der Waals surface area contributed by atoms with Gasteiger partial charge < -0.3 is 19.7 Å². The van der Waals surface area contributed by atoms with E-state index in [0.29, 0.717) is 24.8 Å². The minimum atomic E-state index is -1.36. The maximum atomic E-state index is 12.1. The van der Waals surface area contributed by atoms with Crippen LogP contribution < -0.4 is 0 Å². The Kier molecular flexibility index (Phi) is 5.76. The molecule has 3 saturated carbocycles. The zero-order valence-corrected chi connectivity index (χ0v) is 19.6. The van der Waals surface area contributed by atoms with Crippen LogP contribution in [0.5, 0.6) is 0 Å². The van der Waals surface area contributed by atoms with Gasteiger partial charge in [0.1, 0.15) is 17.8 Å². The number of esters is 2. The minimum absolute atomic E-state index is 0.155. The molecule has 0 aromatic carbocycles. The first-order chi connectivity index (χ1) is 14.8. The van der Waals surface area contributed by atoms with Crippen molar-refractivity contribution in [1.82, 2.24) is 0 Å². The lowest BCUT2D eigenvalue weighted by Crippen LogP contribution is -2.75. The fourth-order valence-corrected chi connectivity index (χ4v) is 7.71. The lowest BCUT2D eigenvalue weighted by molar-refractivity contribution is -0.477. The summed E-state index contributed by atoms with van der Waals surface area (Å²) in [6, 6.07) is 0. The summed E-state index contributed by atoms with van der Waals surface area (Å²) in [5, 5.41) is 21.6. The van der Waals surface area contributed by atoms with Gasteiger partial charge in [-0.25, -0.2) is 4.89 Å². The Morgan fingerprint density at radius 3 is 2.38 bits per heavy atom. The predicted octanol–water partition coefficient (Wildman–Crippen LogP) is 2.66. The van der Waals surface area contributed by atoms with E-state index in [1.54, 1.807) is 0 Å². The van der Waals surface area contributed by atoms with Crippen LogP contribution in [-0.2, 0) is 28.8 Å². The monoisotopic (exact) mass is 452 g/mol. The summed E-state index contributed by atoms with van der Waals surface area (Å²) >= 11 is 0. The Labute approximate surface area is 189 Å². The molecule has 8 nitrogen and oxygen atoms in total. The van der Waals surface area contributed by atoms with Gasteiger partial charge in [-0.05, 0) is 42.6 Å². The summed E-state index contributed by atoms with van der Waals surface area (Å²) < 4.78 is 11.8. The van der Waals surface area contributed by atoms with Crippen LogP contribution in [0.2, 0.25) is 0 Å². The highest BCUT2D eigenvalue weighted by Crippen LogP contribution is 2.69. The summed E-state index contributed by atoms with van der Waals surface area (Å²) in [5.74, 6) is -1.49. The fourth-order valence-electron chi connectivity index (χ4n) is 7.71. The average Bonchev–Trinajstić information content (AvgIpc) is 2.67. The van der Waals surface area contributed by atoms with Crippen molar-refractivity contribution in [3.05, 3.63) is 12.2 Å². The van der Waals surface area contributed by atoms with Crippen LogP contribution in [0, 0.1) is 28.6 Å². The van der Waals surface area contributed by atoms with Crippen molar-refractivity contribution in [3.8, 4) is 0 Å². The normalized spacial score (nSPS) is 47.5. The van der Waals surface area contributed by atoms with Crippen molar-refractivity contribution in [2.24, 2.45) is 28.6 Å². The topological polar surface area (TPSA) is 112 Å². The molecule has 0 radical (unpaired) electrons. The first kappa shape index (κ1) is 23.7. The van der Waals surface area contributed by atoms with Gasteiger partial charge in [-0.15, -0.1) is 0 Å². The Bertz CT molecular complexity index is 808. The molecule has 9 atom stereocenters. The van der Waals surface area contributed by atoms with Crippen molar-refractivity contribution in [2.45, 2.75) is 96.9 Å². The number of aliphatic hydroxyl groups excluding tert-OH is 2. The molecule has 2 bridgehead atoms. The molecule has 32 heavy (non-hydrogen) atoms. The molecule has 5 fully saturated rings. The van der Waals surface area contributed by atoms with Gasteiger partial charge in [0.25, 0.3) is 0 Å². The second kappa shape index (κ2) is 7.79. The highest BCUT2D eigenvalue weighted by atomic mass is 17.2. The summed E-state index contributed by atoms with van der Waals surface area (Å²) in [6.45, 7) is 13.0. The highest BCUT2D eigenvalue weighted by molar-refractivity contribution is 5.67. The van der Waals surface area contributed by atoms with Crippen LogP contribution in [-0.4, -0.2) is 52.4 Å². The molecule has 8 heteroatoms. The zero-order valence-electron chi connectivity index (χ0n) is 19.6. The molecule has 1 spiro atoms. The van der Waals surface area contributed by atoms with E-state index in [9.17, 15) is 19.8 Å². The van der Waals surface area contributed by atoms with E-state index in [-0.39, 0.29) is 35.6 Å². The van der Waals surface area contributed by atoms with E-state index in [2.05, 4.69) is 20.4 Å². The number of hydrogen-bond donors (Lipinski definition) is 2. The number of fused-ring (bicyclic) bond motifs is 5. The second-order valence-electron chi connectivity index (χ2n) is 11.1. The first-order valence-electron chi connectivity index (χ1n) is 11.6. The Morgan fingerprint density at radius 2 is 1.75 bits per heavy atom. The number of rotatable bonds is 2. The molecule has 2 N–H and O–H groups in total. The Hall–Kier alpha value is -1.48.